The summed E-state index contributed by atoms with van der Waals surface area (Å²) in [6.07, 6.45) is 3.90. The van der Waals surface area contributed by atoms with Crippen molar-refractivity contribution in [3.63, 3.8) is 0 Å². The van der Waals surface area contributed by atoms with Crippen molar-refractivity contribution in [2.45, 2.75) is 25.3 Å². The maximum Gasteiger partial charge on any atom is 0.330 e. The van der Waals surface area contributed by atoms with Gasteiger partial charge in [0.05, 0.1) is 0 Å². The molecule has 0 amide bonds. The molecule has 0 radical (unpaired) electrons. The molecule has 7 nitrogen and oxygen atoms in total. The topological polar surface area (TPSA) is 75.9 Å². The molecule has 0 spiro atoms. The SMILES string of the molecule is Cn1c(CN2CCC(c3ccn[nH]3)CC2)cc(=O)n(C)c1=O. The number of hydrogen-bond donors (Lipinski definition) is 1. The number of piperidine rings is 1. The van der Waals surface area contributed by atoms with Crippen molar-refractivity contribution in [2.24, 2.45) is 14.1 Å². The van der Waals surface area contributed by atoms with Crippen molar-refractivity contribution < 1.29 is 0 Å². The highest BCUT2D eigenvalue weighted by atomic mass is 16.2. The number of nitrogens with zero attached hydrogens (tertiary/aromatic N) is 4. The summed E-state index contributed by atoms with van der Waals surface area (Å²) in [6, 6.07) is 3.59. The van der Waals surface area contributed by atoms with Gasteiger partial charge >= 0.3 is 5.69 Å². The zero-order valence-electron chi connectivity index (χ0n) is 13.0. The average Bonchev–Trinajstić information content (AvgIpc) is 3.05. The van der Waals surface area contributed by atoms with Crippen LogP contribution in [0.4, 0.5) is 0 Å². The van der Waals surface area contributed by atoms with E-state index in [9.17, 15) is 9.59 Å². The molecule has 2 aromatic heterocycles. The van der Waals surface area contributed by atoms with Crippen molar-refractivity contribution in [1.82, 2.24) is 24.2 Å². The minimum Gasteiger partial charge on any atom is -0.299 e. The summed E-state index contributed by atoms with van der Waals surface area (Å²) < 4.78 is 2.69. The number of rotatable bonds is 3. The minimum absolute atomic E-state index is 0.245. The van der Waals surface area contributed by atoms with E-state index in [1.165, 1.54) is 12.7 Å². The van der Waals surface area contributed by atoms with Gasteiger partial charge in [-0.25, -0.2) is 4.79 Å². The van der Waals surface area contributed by atoms with Crippen LogP contribution in [-0.2, 0) is 20.6 Å². The molecule has 7 heteroatoms. The van der Waals surface area contributed by atoms with Crippen LogP contribution in [-0.4, -0.2) is 37.3 Å². The van der Waals surface area contributed by atoms with Crippen molar-refractivity contribution in [2.75, 3.05) is 13.1 Å². The van der Waals surface area contributed by atoms with Gasteiger partial charge in [-0.15, -0.1) is 0 Å². The highest BCUT2D eigenvalue weighted by Crippen LogP contribution is 2.26. The van der Waals surface area contributed by atoms with Gasteiger partial charge in [-0.3, -0.25) is 23.9 Å². The van der Waals surface area contributed by atoms with Crippen molar-refractivity contribution >= 4 is 0 Å². The lowest BCUT2D eigenvalue weighted by atomic mass is 9.93. The average molecular weight is 303 g/mol. The lowest BCUT2D eigenvalue weighted by Gasteiger charge is -2.31. The van der Waals surface area contributed by atoms with Gasteiger partial charge in [0.25, 0.3) is 5.56 Å². The summed E-state index contributed by atoms with van der Waals surface area (Å²) in [7, 11) is 3.22. The molecule has 0 saturated carbocycles. The zero-order chi connectivity index (χ0) is 15.7. The molecule has 0 aromatic carbocycles. The number of aromatic amines is 1. The normalized spacial score (nSPS) is 17.0. The predicted molar refractivity (Wildman–Crippen MR) is 82.8 cm³/mol. The quantitative estimate of drug-likeness (QED) is 0.878. The van der Waals surface area contributed by atoms with E-state index in [0.717, 1.165) is 36.2 Å². The first-order valence-corrected chi connectivity index (χ1v) is 7.54. The molecular formula is C15H21N5O2. The summed E-state index contributed by atoms with van der Waals surface area (Å²) in [6.45, 7) is 2.54. The van der Waals surface area contributed by atoms with Crippen LogP contribution in [0, 0.1) is 0 Å². The Morgan fingerprint density at radius 3 is 2.59 bits per heavy atom. The van der Waals surface area contributed by atoms with Crippen LogP contribution in [0.1, 0.15) is 30.1 Å². The van der Waals surface area contributed by atoms with E-state index in [1.807, 2.05) is 6.07 Å². The number of H-pyrrole nitrogens is 1. The molecule has 22 heavy (non-hydrogen) atoms. The van der Waals surface area contributed by atoms with Gasteiger partial charge in [0, 0.05) is 50.2 Å². The highest BCUT2D eigenvalue weighted by Gasteiger charge is 2.22. The fourth-order valence-electron chi connectivity index (χ4n) is 3.06. The fourth-order valence-corrected chi connectivity index (χ4v) is 3.06. The molecule has 1 aliphatic rings. The zero-order valence-corrected chi connectivity index (χ0v) is 13.0. The Labute approximate surface area is 128 Å². The van der Waals surface area contributed by atoms with Gasteiger partial charge in [0.1, 0.15) is 0 Å². The van der Waals surface area contributed by atoms with Gasteiger partial charge in [-0.2, -0.15) is 5.10 Å². The maximum atomic E-state index is 12.0. The van der Waals surface area contributed by atoms with E-state index >= 15 is 0 Å². The minimum atomic E-state index is -0.269. The second kappa shape index (κ2) is 5.92. The third-order valence-corrected chi connectivity index (χ3v) is 4.56. The standard InChI is InChI=1S/C15H21N5O2/c1-18-12(9-14(21)19(2)15(18)22)10-20-7-4-11(5-8-20)13-3-6-16-17-13/h3,6,9,11H,4-5,7-8,10H2,1-2H3,(H,16,17). The molecule has 1 saturated heterocycles. The van der Waals surface area contributed by atoms with Crippen LogP contribution in [0.3, 0.4) is 0 Å². The molecule has 3 heterocycles. The summed E-state index contributed by atoms with van der Waals surface area (Å²) in [4.78, 5) is 26.0. The maximum absolute atomic E-state index is 12.0. The summed E-state index contributed by atoms with van der Waals surface area (Å²) >= 11 is 0. The van der Waals surface area contributed by atoms with Crippen molar-refractivity contribution in [3.8, 4) is 0 Å². The van der Waals surface area contributed by atoms with Crippen LogP contribution in [0.15, 0.2) is 27.9 Å². The van der Waals surface area contributed by atoms with Crippen molar-refractivity contribution in [1.29, 1.82) is 0 Å². The molecule has 0 bridgehead atoms. The molecule has 2 aromatic rings. The first-order valence-electron chi connectivity index (χ1n) is 7.54. The van der Waals surface area contributed by atoms with Gasteiger partial charge in [-0.05, 0) is 32.0 Å². The first kappa shape index (κ1) is 14.8. The molecule has 1 N–H and O–H groups in total. The van der Waals surface area contributed by atoms with E-state index < -0.39 is 0 Å². The smallest absolute Gasteiger partial charge is 0.299 e. The van der Waals surface area contributed by atoms with Crippen LogP contribution < -0.4 is 11.2 Å². The van der Waals surface area contributed by atoms with Gasteiger partial charge in [0.15, 0.2) is 0 Å². The largest absolute Gasteiger partial charge is 0.330 e. The monoisotopic (exact) mass is 303 g/mol. The van der Waals surface area contributed by atoms with Gasteiger partial charge in [-0.1, -0.05) is 0 Å². The number of hydrogen-bond acceptors (Lipinski definition) is 4. The summed E-state index contributed by atoms with van der Waals surface area (Å²) in [5, 5.41) is 7.05. The molecule has 0 unspecified atom stereocenters. The van der Waals surface area contributed by atoms with Crippen LogP contribution in [0.5, 0.6) is 0 Å². The Morgan fingerprint density at radius 1 is 1.23 bits per heavy atom. The summed E-state index contributed by atoms with van der Waals surface area (Å²) in [5.41, 5.74) is 1.45. The lowest BCUT2D eigenvalue weighted by molar-refractivity contribution is 0.198. The molecule has 3 rings (SSSR count). The fraction of sp³-hybridized carbons (Fsp3) is 0.533. The highest BCUT2D eigenvalue weighted by molar-refractivity contribution is 5.08. The predicted octanol–water partition coefficient (Wildman–Crippen LogP) is 0.187. The molecule has 118 valence electrons. The van der Waals surface area contributed by atoms with E-state index in [-0.39, 0.29) is 11.2 Å². The first-order chi connectivity index (χ1) is 10.6. The third-order valence-electron chi connectivity index (χ3n) is 4.56. The second-order valence-corrected chi connectivity index (χ2v) is 5.94. The van der Waals surface area contributed by atoms with Crippen LogP contribution in [0.2, 0.25) is 0 Å². The second-order valence-electron chi connectivity index (χ2n) is 5.94. The van der Waals surface area contributed by atoms with E-state index in [0.29, 0.717) is 12.5 Å². The molecule has 0 atom stereocenters. The summed E-state index contributed by atoms with van der Waals surface area (Å²) in [5.74, 6) is 0.520. The lowest BCUT2D eigenvalue weighted by Crippen LogP contribution is -2.40. The van der Waals surface area contributed by atoms with E-state index in [4.69, 9.17) is 0 Å². The van der Waals surface area contributed by atoms with Crippen LogP contribution >= 0.6 is 0 Å². The Bertz CT molecular complexity index is 751. The van der Waals surface area contributed by atoms with Crippen molar-refractivity contribution in [3.05, 3.63) is 50.6 Å². The third kappa shape index (κ3) is 2.76. The van der Waals surface area contributed by atoms with E-state index in [1.54, 1.807) is 23.9 Å². The Balaban J connectivity index is 1.69. The Hall–Kier alpha value is -2.15. The Kier molecular flexibility index (Phi) is 3.98. The van der Waals surface area contributed by atoms with Gasteiger partial charge < -0.3 is 0 Å². The molecule has 1 aliphatic heterocycles. The van der Waals surface area contributed by atoms with E-state index in [2.05, 4.69) is 15.1 Å². The van der Waals surface area contributed by atoms with Gasteiger partial charge in [0.2, 0.25) is 0 Å². The number of aromatic nitrogens is 4. The number of nitrogens with one attached hydrogen (secondary N) is 1. The molecule has 0 aliphatic carbocycles. The number of likely N-dealkylation sites (tertiary alicyclic amines) is 1. The van der Waals surface area contributed by atoms with Crippen LogP contribution in [0.25, 0.3) is 0 Å². The Morgan fingerprint density at radius 2 is 1.95 bits per heavy atom. The molecular weight excluding hydrogens is 282 g/mol. The molecule has 1 fully saturated rings.